The summed E-state index contributed by atoms with van der Waals surface area (Å²) in [7, 11) is 0.0684. The first kappa shape index (κ1) is 14.5. The predicted octanol–water partition coefficient (Wildman–Crippen LogP) is 2.38. The van der Waals surface area contributed by atoms with E-state index in [9.17, 15) is 4.79 Å². The number of hydrogen-bond acceptors (Lipinski definition) is 2. The molecule has 0 spiro atoms. The maximum absolute atomic E-state index is 10.7. The van der Waals surface area contributed by atoms with E-state index in [0.717, 1.165) is 6.42 Å². The summed E-state index contributed by atoms with van der Waals surface area (Å²) in [5.74, 6) is 8.31. The zero-order chi connectivity index (χ0) is 12.4. The van der Waals surface area contributed by atoms with Gasteiger partial charge in [0, 0.05) is 12.5 Å². The molecule has 0 aromatic carbocycles. The molecule has 0 bridgehead atoms. The van der Waals surface area contributed by atoms with Gasteiger partial charge in [-0.05, 0) is 18.3 Å². The summed E-state index contributed by atoms with van der Waals surface area (Å²) < 4.78 is 4.45. The Morgan fingerprint density at radius 1 is 1.31 bits per heavy atom. The third-order valence-corrected chi connectivity index (χ3v) is 2.35. The quantitative estimate of drug-likeness (QED) is 0.246. The molecule has 0 aromatic heterocycles. The first-order chi connectivity index (χ1) is 7.45. The summed E-state index contributed by atoms with van der Waals surface area (Å²) in [6, 6.07) is 0. The molecule has 86 valence electrons. The lowest BCUT2D eigenvalue weighted by atomic mass is 10.3. The second-order valence-corrected chi connectivity index (χ2v) is 9.02. The molecule has 0 aliphatic heterocycles. The summed E-state index contributed by atoms with van der Waals surface area (Å²) in [5, 5.41) is 0. The summed E-state index contributed by atoms with van der Waals surface area (Å²) >= 11 is 0. The number of allylic oxidation sites excluding steroid dienone is 1. The lowest BCUT2D eigenvalue weighted by Gasteiger charge is -2.01. The molecule has 0 heterocycles. The summed E-state index contributed by atoms with van der Waals surface area (Å²) in [6.45, 7) is 6.54. The minimum atomic E-state index is -1.29. The maximum Gasteiger partial charge on any atom is 0.330 e. The molecule has 0 saturated heterocycles. The zero-order valence-corrected chi connectivity index (χ0v) is 11.4. The van der Waals surface area contributed by atoms with Gasteiger partial charge in [-0.3, -0.25) is 0 Å². The van der Waals surface area contributed by atoms with Crippen LogP contribution in [-0.2, 0) is 9.53 Å². The Labute approximate surface area is 99.1 Å². The van der Waals surface area contributed by atoms with Gasteiger partial charge < -0.3 is 4.74 Å². The van der Waals surface area contributed by atoms with E-state index in [1.54, 1.807) is 6.08 Å². The molecule has 0 rings (SSSR count). The molecule has 0 aliphatic rings. The van der Waals surface area contributed by atoms with Crippen molar-refractivity contribution in [1.29, 1.82) is 0 Å². The highest BCUT2D eigenvalue weighted by Gasteiger charge is 2.06. The van der Waals surface area contributed by atoms with Crippen LogP contribution >= 0.6 is 0 Å². The minimum Gasteiger partial charge on any atom is -0.466 e. The average molecular weight is 234 g/mol. The number of rotatable bonds is 3. The fourth-order valence-corrected chi connectivity index (χ4v) is 1.17. The lowest BCUT2D eigenvalue weighted by Crippen LogP contribution is -2.16. The number of unbranched alkanes of at least 4 members (excludes halogenated alkanes) is 1. The van der Waals surface area contributed by atoms with E-state index in [1.807, 2.05) is 0 Å². The smallest absolute Gasteiger partial charge is 0.330 e. The molecule has 0 saturated carbocycles. The van der Waals surface area contributed by atoms with Crippen LogP contribution in [0.5, 0.6) is 0 Å². The van der Waals surface area contributed by atoms with Crippen molar-refractivity contribution < 1.29 is 9.53 Å². The molecule has 0 radical (unpaired) electrons. The van der Waals surface area contributed by atoms with Gasteiger partial charge in [0.1, 0.15) is 8.07 Å². The minimum absolute atomic E-state index is 0.327. The van der Waals surface area contributed by atoms with Crippen LogP contribution < -0.4 is 0 Å². The molecular formula is C13H18O2Si. The van der Waals surface area contributed by atoms with Crippen molar-refractivity contribution in [2.24, 2.45) is 0 Å². The van der Waals surface area contributed by atoms with Crippen LogP contribution in [0.2, 0.25) is 19.6 Å². The molecule has 0 atom stereocenters. The molecular weight excluding hydrogens is 216 g/mol. The van der Waals surface area contributed by atoms with Crippen LogP contribution in [0, 0.1) is 23.3 Å². The Kier molecular flexibility index (Phi) is 7.08. The Bertz CT molecular complexity index is 367. The highest BCUT2D eigenvalue weighted by atomic mass is 28.3. The lowest BCUT2D eigenvalue weighted by molar-refractivity contribution is -0.134. The van der Waals surface area contributed by atoms with Gasteiger partial charge >= 0.3 is 5.97 Å². The van der Waals surface area contributed by atoms with Crippen LogP contribution in [0.25, 0.3) is 0 Å². The summed E-state index contributed by atoms with van der Waals surface area (Å²) in [6.07, 6.45) is 4.63. The van der Waals surface area contributed by atoms with Crippen molar-refractivity contribution >= 4 is 14.0 Å². The third kappa shape index (κ3) is 10.6. The highest BCUT2D eigenvalue weighted by Crippen LogP contribution is 1.95. The van der Waals surface area contributed by atoms with Gasteiger partial charge in [0.15, 0.2) is 0 Å². The van der Waals surface area contributed by atoms with Gasteiger partial charge in [-0.15, -0.1) is 5.54 Å². The van der Waals surface area contributed by atoms with E-state index >= 15 is 0 Å². The molecule has 0 N–H and O–H groups in total. The van der Waals surface area contributed by atoms with Gasteiger partial charge in [0.2, 0.25) is 0 Å². The number of methoxy groups -OCH3 is 1. The van der Waals surface area contributed by atoms with Gasteiger partial charge in [0.05, 0.1) is 7.11 Å². The predicted molar refractivity (Wildman–Crippen MR) is 69.3 cm³/mol. The van der Waals surface area contributed by atoms with Gasteiger partial charge in [0.25, 0.3) is 0 Å². The SMILES string of the molecule is COC(=O)/C=C\CCC#CC#C[Si](C)(C)C. The van der Waals surface area contributed by atoms with E-state index in [2.05, 4.69) is 47.7 Å². The number of carbonyl (C=O) groups is 1. The van der Waals surface area contributed by atoms with Crippen LogP contribution in [0.15, 0.2) is 12.2 Å². The summed E-state index contributed by atoms with van der Waals surface area (Å²) in [5.41, 5.74) is 3.16. The van der Waals surface area contributed by atoms with Crippen LogP contribution in [-0.4, -0.2) is 21.2 Å². The molecule has 0 fully saturated rings. The number of carbonyl (C=O) groups excluding carboxylic acids is 1. The van der Waals surface area contributed by atoms with Crippen LogP contribution in [0.3, 0.4) is 0 Å². The molecule has 3 heteroatoms. The van der Waals surface area contributed by atoms with Crippen molar-refractivity contribution in [1.82, 2.24) is 0 Å². The summed E-state index contributed by atoms with van der Waals surface area (Å²) in [4.78, 5) is 10.7. The number of ether oxygens (including phenoxy) is 1. The van der Waals surface area contributed by atoms with E-state index in [-0.39, 0.29) is 5.97 Å². The van der Waals surface area contributed by atoms with Gasteiger partial charge in [-0.2, -0.15) is 0 Å². The van der Waals surface area contributed by atoms with Crippen molar-refractivity contribution in [3.63, 3.8) is 0 Å². The molecule has 0 aliphatic carbocycles. The van der Waals surface area contributed by atoms with Gasteiger partial charge in [-0.25, -0.2) is 4.79 Å². The molecule has 0 amide bonds. The average Bonchev–Trinajstić information content (AvgIpc) is 2.20. The van der Waals surface area contributed by atoms with Crippen LogP contribution in [0.1, 0.15) is 12.8 Å². The fraction of sp³-hybridized carbons (Fsp3) is 0.462. The van der Waals surface area contributed by atoms with E-state index < -0.39 is 8.07 Å². The molecule has 0 aromatic rings. The monoisotopic (exact) mass is 234 g/mol. The van der Waals surface area contributed by atoms with Crippen LogP contribution in [0.4, 0.5) is 0 Å². The zero-order valence-electron chi connectivity index (χ0n) is 10.4. The first-order valence-corrected chi connectivity index (χ1v) is 8.70. The Morgan fingerprint density at radius 3 is 2.56 bits per heavy atom. The van der Waals surface area contributed by atoms with Crippen molar-refractivity contribution in [3.8, 4) is 23.3 Å². The second-order valence-electron chi connectivity index (χ2n) is 4.27. The Morgan fingerprint density at radius 2 is 2.00 bits per heavy atom. The molecule has 0 unspecified atom stereocenters. The van der Waals surface area contributed by atoms with Crippen molar-refractivity contribution in [2.75, 3.05) is 7.11 Å². The Hall–Kier alpha value is -1.45. The van der Waals surface area contributed by atoms with E-state index in [0.29, 0.717) is 6.42 Å². The number of hydrogen-bond donors (Lipinski definition) is 0. The Balaban J connectivity index is 3.83. The topological polar surface area (TPSA) is 26.3 Å². The van der Waals surface area contributed by atoms with Crippen molar-refractivity contribution in [2.45, 2.75) is 32.5 Å². The van der Waals surface area contributed by atoms with E-state index in [1.165, 1.54) is 13.2 Å². The van der Waals surface area contributed by atoms with Gasteiger partial charge in [-0.1, -0.05) is 31.6 Å². The number of esters is 1. The van der Waals surface area contributed by atoms with Crippen molar-refractivity contribution in [3.05, 3.63) is 12.2 Å². The first-order valence-electron chi connectivity index (χ1n) is 5.20. The van der Waals surface area contributed by atoms with E-state index in [4.69, 9.17) is 0 Å². The fourth-order valence-electron chi connectivity index (χ4n) is 0.729. The normalized spacial score (nSPS) is 10.0. The second kappa shape index (κ2) is 7.79. The maximum atomic E-state index is 10.7. The molecule has 16 heavy (non-hydrogen) atoms. The largest absolute Gasteiger partial charge is 0.466 e. The standard InChI is InChI=1S/C13H18O2Si/c1-15-13(14)11-9-7-5-6-8-10-12-16(2,3)4/h9,11H,5,7H2,1-4H3/b11-9-. The highest BCUT2D eigenvalue weighted by molar-refractivity contribution is 6.83. The molecule has 2 nitrogen and oxygen atoms in total. The third-order valence-electron chi connectivity index (χ3n) is 1.48.